The average Bonchev–Trinajstić information content (AvgIpc) is 3.14. The molecule has 0 radical (unpaired) electrons. The standard InChI is InChI=1S/C16H12F3N3O5S/c17-16(18,19)15(25)11(13(23)10-6-3-7-28-10)12(20-14(24)21-15)8-4-1-2-5-9(8)22(26)27/h1-7,11-12,25H,(H2,20,21,24)/t11-,12-,15-/m1/s1. The number of hydrogen-bond donors (Lipinski definition) is 3. The lowest BCUT2D eigenvalue weighted by Gasteiger charge is -2.44. The molecular formula is C16H12F3N3O5S. The Morgan fingerprint density at radius 2 is 1.93 bits per heavy atom. The first kappa shape index (κ1) is 19.8. The molecule has 2 aromatic rings. The zero-order valence-electron chi connectivity index (χ0n) is 13.8. The summed E-state index contributed by atoms with van der Waals surface area (Å²) in [7, 11) is 0. The van der Waals surface area contributed by atoms with E-state index in [0.29, 0.717) is 0 Å². The molecule has 3 rings (SSSR count). The van der Waals surface area contributed by atoms with E-state index in [1.807, 2.05) is 0 Å². The maximum Gasteiger partial charge on any atom is 0.437 e. The number of ketones is 1. The minimum absolute atomic E-state index is 0.103. The number of amides is 2. The molecule has 3 N–H and O–H groups in total. The fourth-order valence-corrected chi connectivity index (χ4v) is 3.79. The summed E-state index contributed by atoms with van der Waals surface area (Å²) in [6.45, 7) is 0. The molecular weight excluding hydrogens is 403 g/mol. The quantitative estimate of drug-likeness (QED) is 0.403. The number of nitro benzene ring substituents is 1. The molecule has 1 aliphatic rings. The molecule has 2 amide bonds. The molecule has 0 spiro atoms. The minimum atomic E-state index is -5.43. The van der Waals surface area contributed by atoms with Gasteiger partial charge in [0.05, 0.1) is 21.4 Å². The van der Waals surface area contributed by atoms with Crippen LogP contribution >= 0.6 is 11.3 Å². The van der Waals surface area contributed by atoms with Crippen molar-refractivity contribution in [2.45, 2.75) is 17.9 Å². The number of nitro groups is 1. The average molecular weight is 415 g/mol. The number of carbonyl (C=O) groups is 2. The van der Waals surface area contributed by atoms with Gasteiger partial charge in [-0.3, -0.25) is 14.9 Å². The first-order chi connectivity index (χ1) is 13.1. The van der Waals surface area contributed by atoms with Crippen molar-refractivity contribution < 1.29 is 32.8 Å². The molecule has 1 aromatic heterocycles. The molecule has 0 aliphatic carbocycles. The molecule has 1 fully saturated rings. The smallest absolute Gasteiger partial charge is 0.363 e. The highest BCUT2D eigenvalue weighted by molar-refractivity contribution is 7.12. The minimum Gasteiger partial charge on any atom is -0.363 e. The van der Waals surface area contributed by atoms with Gasteiger partial charge in [0.2, 0.25) is 5.72 Å². The second-order valence-corrected chi connectivity index (χ2v) is 6.92. The number of nitrogens with one attached hydrogen (secondary N) is 2. The Morgan fingerprint density at radius 1 is 1.25 bits per heavy atom. The Morgan fingerprint density at radius 3 is 2.50 bits per heavy atom. The lowest BCUT2D eigenvalue weighted by Crippen LogP contribution is -2.72. The van der Waals surface area contributed by atoms with Gasteiger partial charge in [0.15, 0.2) is 5.78 Å². The number of alkyl halides is 3. The predicted octanol–water partition coefficient (Wildman–Crippen LogP) is 2.76. The van der Waals surface area contributed by atoms with Crippen LogP contribution in [0, 0.1) is 16.0 Å². The van der Waals surface area contributed by atoms with E-state index in [1.165, 1.54) is 35.0 Å². The van der Waals surface area contributed by atoms with Crippen molar-refractivity contribution in [2.24, 2.45) is 5.92 Å². The van der Waals surface area contributed by atoms with Crippen molar-refractivity contribution in [2.75, 3.05) is 0 Å². The molecule has 3 atom stereocenters. The van der Waals surface area contributed by atoms with Crippen LogP contribution in [-0.4, -0.2) is 33.7 Å². The lowest BCUT2D eigenvalue weighted by molar-refractivity contribution is -0.386. The molecule has 0 bridgehead atoms. The number of rotatable bonds is 4. The van der Waals surface area contributed by atoms with Gasteiger partial charge in [0.25, 0.3) is 5.69 Å². The Hall–Kier alpha value is -2.99. The summed E-state index contributed by atoms with van der Waals surface area (Å²) < 4.78 is 41.2. The van der Waals surface area contributed by atoms with Gasteiger partial charge in [-0.05, 0) is 11.4 Å². The van der Waals surface area contributed by atoms with Gasteiger partial charge in [-0.1, -0.05) is 24.3 Å². The summed E-state index contributed by atoms with van der Waals surface area (Å²) >= 11 is 0.842. The second-order valence-electron chi connectivity index (χ2n) is 5.98. The van der Waals surface area contributed by atoms with Crippen LogP contribution in [0.4, 0.5) is 23.7 Å². The van der Waals surface area contributed by atoms with Gasteiger partial charge in [-0.15, -0.1) is 11.3 Å². The Kier molecular flexibility index (Phi) is 4.85. The largest absolute Gasteiger partial charge is 0.437 e. The van der Waals surface area contributed by atoms with E-state index in [9.17, 15) is 38.0 Å². The Balaban J connectivity index is 2.23. The predicted molar refractivity (Wildman–Crippen MR) is 90.6 cm³/mol. The SMILES string of the molecule is O=C1N[C@H](c2ccccc2[N+](=O)[O-])[C@H](C(=O)c2cccs2)[C@@](O)(C(F)(F)F)N1. The summed E-state index contributed by atoms with van der Waals surface area (Å²) in [5.41, 5.74) is -4.85. The van der Waals surface area contributed by atoms with Crippen LogP contribution in [0.2, 0.25) is 0 Å². The third-order valence-corrected chi connectivity index (χ3v) is 5.21. The first-order valence-corrected chi connectivity index (χ1v) is 8.63. The van der Waals surface area contributed by atoms with Crippen molar-refractivity contribution in [3.63, 3.8) is 0 Å². The molecule has 1 aliphatic heterocycles. The lowest BCUT2D eigenvalue weighted by atomic mass is 9.78. The van der Waals surface area contributed by atoms with Crippen molar-refractivity contribution in [3.05, 3.63) is 62.3 Å². The summed E-state index contributed by atoms with van der Waals surface area (Å²) in [4.78, 5) is 35.1. The van der Waals surface area contributed by atoms with Crippen LogP contribution in [0.5, 0.6) is 0 Å². The summed E-state index contributed by atoms with van der Waals surface area (Å²) in [5.74, 6) is -3.42. The van der Waals surface area contributed by atoms with Crippen molar-refractivity contribution >= 4 is 28.8 Å². The van der Waals surface area contributed by atoms with Crippen LogP contribution < -0.4 is 10.6 Å². The van der Waals surface area contributed by atoms with E-state index in [4.69, 9.17) is 0 Å². The van der Waals surface area contributed by atoms with Gasteiger partial charge in [-0.25, -0.2) is 4.79 Å². The molecule has 28 heavy (non-hydrogen) atoms. The number of Topliss-reactive ketones (excluding diaryl/α,β-unsaturated/α-hetero) is 1. The zero-order chi connectivity index (χ0) is 20.7. The van der Waals surface area contributed by atoms with E-state index in [0.717, 1.165) is 23.5 Å². The fraction of sp³-hybridized carbons (Fsp3) is 0.250. The van der Waals surface area contributed by atoms with E-state index in [2.05, 4.69) is 5.32 Å². The summed E-state index contributed by atoms with van der Waals surface area (Å²) in [6, 6.07) is 4.24. The maximum absolute atomic E-state index is 13.7. The molecule has 1 saturated heterocycles. The molecule has 1 aromatic carbocycles. The molecule has 12 heteroatoms. The van der Waals surface area contributed by atoms with Crippen LogP contribution in [0.1, 0.15) is 21.3 Å². The highest BCUT2D eigenvalue weighted by atomic mass is 32.1. The zero-order valence-corrected chi connectivity index (χ0v) is 14.6. The number of nitrogens with zero attached hydrogens (tertiary/aromatic N) is 1. The van der Waals surface area contributed by atoms with Gasteiger partial charge in [0.1, 0.15) is 5.92 Å². The number of para-hydroxylation sites is 1. The molecule has 148 valence electrons. The number of carbonyl (C=O) groups excluding carboxylic acids is 2. The highest BCUT2D eigenvalue weighted by Gasteiger charge is 2.67. The van der Waals surface area contributed by atoms with E-state index in [-0.39, 0.29) is 10.4 Å². The van der Waals surface area contributed by atoms with E-state index >= 15 is 0 Å². The molecule has 0 saturated carbocycles. The summed E-state index contributed by atoms with van der Waals surface area (Å²) in [5, 5.41) is 26.6. The maximum atomic E-state index is 13.7. The Labute approximate surface area is 159 Å². The van der Waals surface area contributed by atoms with Crippen molar-refractivity contribution in [1.82, 2.24) is 10.6 Å². The highest BCUT2D eigenvalue weighted by Crippen LogP contribution is 2.45. The first-order valence-electron chi connectivity index (χ1n) is 7.75. The van der Waals surface area contributed by atoms with Crippen LogP contribution in [0.15, 0.2) is 41.8 Å². The Bertz CT molecular complexity index is 934. The number of halogens is 3. The number of thiophene rings is 1. The topological polar surface area (TPSA) is 122 Å². The van der Waals surface area contributed by atoms with Gasteiger partial charge >= 0.3 is 12.2 Å². The number of aliphatic hydroxyl groups is 1. The van der Waals surface area contributed by atoms with Gasteiger partial charge < -0.3 is 15.7 Å². The van der Waals surface area contributed by atoms with Gasteiger partial charge in [-0.2, -0.15) is 13.2 Å². The number of urea groups is 1. The summed E-state index contributed by atoms with van der Waals surface area (Å²) in [6.07, 6.45) is -5.43. The van der Waals surface area contributed by atoms with Crippen LogP contribution in [0.25, 0.3) is 0 Å². The van der Waals surface area contributed by atoms with E-state index in [1.54, 1.807) is 0 Å². The second kappa shape index (κ2) is 6.87. The fourth-order valence-electron chi connectivity index (χ4n) is 3.09. The third-order valence-electron chi connectivity index (χ3n) is 4.32. The van der Waals surface area contributed by atoms with Crippen molar-refractivity contribution in [3.8, 4) is 0 Å². The van der Waals surface area contributed by atoms with Crippen LogP contribution in [-0.2, 0) is 0 Å². The molecule has 2 heterocycles. The number of benzene rings is 1. The molecule has 0 unspecified atom stereocenters. The molecule has 8 nitrogen and oxygen atoms in total. The normalized spacial score (nSPS) is 24.9. The monoisotopic (exact) mass is 415 g/mol. The van der Waals surface area contributed by atoms with Crippen molar-refractivity contribution in [1.29, 1.82) is 0 Å². The van der Waals surface area contributed by atoms with Gasteiger partial charge in [0, 0.05) is 6.07 Å². The van der Waals surface area contributed by atoms with E-state index < -0.39 is 46.3 Å². The number of hydrogen-bond acceptors (Lipinski definition) is 6. The third kappa shape index (κ3) is 3.20. The van der Waals surface area contributed by atoms with Crippen LogP contribution in [0.3, 0.4) is 0 Å².